The molecule has 2 aromatic carbocycles. The molecule has 10 heteroatoms. The topological polar surface area (TPSA) is 115 Å². The highest BCUT2D eigenvalue weighted by atomic mass is 32.1. The molecule has 196 valence electrons. The smallest absolute Gasteiger partial charge is 0.317 e. The zero-order valence-electron chi connectivity index (χ0n) is 21.2. The molecule has 0 bridgehead atoms. The van der Waals surface area contributed by atoms with Crippen LogP contribution in [0, 0.1) is 0 Å². The van der Waals surface area contributed by atoms with Gasteiger partial charge in [-0.2, -0.15) is 0 Å². The van der Waals surface area contributed by atoms with Crippen LogP contribution in [0.2, 0.25) is 0 Å². The average molecular weight is 525 g/mol. The van der Waals surface area contributed by atoms with Crippen molar-refractivity contribution < 1.29 is 23.8 Å². The molecule has 9 nitrogen and oxygen atoms in total. The average Bonchev–Trinajstić information content (AvgIpc) is 3.32. The van der Waals surface area contributed by atoms with E-state index in [1.165, 1.54) is 11.3 Å². The lowest BCUT2D eigenvalue weighted by molar-refractivity contribution is 0.0910. The van der Waals surface area contributed by atoms with Crippen molar-refractivity contribution in [1.82, 2.24) is 10.2 Å². The number of rotatable bonds is 9. The molecule has 1 aromatic heterocycles. The summed E-state index contributed by atoms with van der Waals surface area (Å²) < 4.78 is 16.0. The van der Waals surface area contributed by atoms with Crippen LogP contribution in [0.5, 0.6) is 17.2 Å². The van der Waals surface area contributed by atoms with Gasteiger partial charge in [-0.3, -0.25) is 15.0 Å². The summed E-state index contributed by atoms with van der Waals surface area (Å²) in [5.74, 6) is 2.05. The highest BCUT2D eigenvalue weighted by Crippen LogP contribution is 2.36. The van der Waals surface area contributed by atoms with E-state index in [1.54, 1.807) is 27.4 Å². The molecule has 4 rings (SSSR count). The van der Waals surface area contributed by atoms with Crippen LogP contribution in [0.3, 0.4) is 0 Å². The molecule has 1 aliphatic rings. The van der Waals surface area contributed by atoms with E-state index >= 15 is 0 Å². The van der Waals surface area contributed by atoms with Gasteiger partial charge in [0.05, 0.1) is 26.9 Å². The van der Waals surface area contributed by atoms with E-state index in [9.17, 15) is 9.59 Å². The fourth-order valence-electron chi connectivity index (χ4n) is 4.38. The van der Waals surface area contributed by atoms with Gasteiger partial charge in [-0.25, -0.2) is 4.79 Å². The maximum Gasteiger partial charge on any atom is 0.317 e. The molecule has 3 aromatic rings. The SMILES string of the molecule is COc1ccc(-c2cc(C(=O)NC3CCN(Cc4cc(OC)cc(OC)c4)CC3)c(NC(N)=O)s2)cc1. The van der Waals surface area contributed by atoms with Gasteiger partial charge in [0, 0.05) is 36.6 Å². The van der Waals surface area contributed by atoms with Crippen LogP contribution in [-0.4, -0.2) is 57.3 Å². The molecule has 0 radical (unpaired) electrons. The molecule has 37 heavy (non-hydrogen) atoms. The van der Waals surface area contributed by atoms with E-state index in [2.05, 4.69) is 15.5 Å². The minimum atomic E-state index is -0.709. The Bertz CT molecular complexity index is 1210. The summed E-state index contributed by atoms with van der Waals surface area (Å²) in [6.45, 7) is 2.46. The van der Waals surface area contributed by atoms with E-state index < -0.39 is 6.03 Å². The van der Waals surface area contributed by atoms with Gasteiger partial charge in [-0.05, 0) is 66.4 Å². The number of urea groups is 1. The first-order chi connectivity index (χ1) is 17.9. The van der Waals surface area contributed by atoms with Crippen molar-refractivity contribution in [1.29, 1.82) is 0 Å². The van der Waals surface area contributed by atoms with Crippen molar-refractivity contribution in [2.24, 2.45) is 5.73 Å². The number of benzene rings is 2. The van der Waals surface area contributed by atoms with Crippen molar-refractivity contribution in [2.45, 2.75) is 25.4 Å². The molecule has 0 aliphatic carbocycles. The normalized spacial score (nSPS) is 14.1. The quantitative estimate of drug-likeness (QED) is 0.384. The van der Waals surface area contributed by atoms with Crippen molar-refractivity contribution in [3.05, 3.63) is 59.7 Å². The van der Waals surface area contributed by atoms with Crippen LogP contribution in [0.4, 0.5) is 9.80 Å². The molecular formula is C27H32N4O5S. The number of thiophene rings is 1. The maximum atomic E-state index is 13.2. The maximum absolute atomic E-state index is 13.2. The van der Waals surface area contributed by atoms with Gasteiger partial charge in [0.15, 0.2) is 0 Å². The molecule has 0 spiro atoms. The molecule has 2 heterocycles. The predicted octanol–water partition coefficient (Wildman–Crippen LogP) is 4.33. The number of nitrogens with two attached hydrogens (primary N) is 1. The standard InChI is InChI=1S/C27H32N4O5S/c1-34-20-6-4-18(5-7-20)24-15-23(26(37-24)30-27(28)33)25(32)29-19-8-10-31(11-9-19)16-17-12-21(35-2)14-22(13-17)36-3/h4-7,12-15,19H,8-11,16H2,1-3H3,(H,29,32)(H3,28,30,33). The number of nitrogens with one attached hydrogen (secondary N) is 2. The Kier molecular flexibility index (Phi) is 8.52. The second-order valence-electron chi connectivity index (χ2n) is 8.82. The van der Waals surface area contributed by atoms with E-state index in [4.69, 9.17) is 19.9 Å². The first kappa shape index (κ1) is 26.3. The fraction of sp³-hybridized carbons (Fsp3) is 0.333. The number of anilines is 1. The molecular weight excluding hydrogens is 492 g/mol. The minimum Gasteiger partial charge on any atom is -0.497 e. The molecule has 1 aliphatic heterocycles. The molecule has 0 unspecified atom stereocenters. The third-order valence-electron chi connectivity index (χ3n) is 6.33. The summed E-state index contributed by atoms with van der Waals surface area (Å²) in [5.41, 5.74) is 7.80. The van der Waals surface area contributed by atoms with Gasteiger partial charge >= 0.3 is 6.03 Å². The van der Waals surface area contributed by atoms with Gasteiger partial charge in [0.1, 0.15) is 22.2 Å². The number of hydrogen-bond donors (Lipinski definition) is 3. The number of primary amides is 1. The summed E-state index contributed by atoms with van der Waals surface area (Å²) in [6.07, 6.45) is 1.64. The van der Waals surface area contributed by atoms with Crippen LogP contribution in [0.1, 0.15) is 28.8 Å². The number of carbonyl (C=O) groups is 2. The number of hydrogen-bond acceptors (Lipinski definition) is 7. The summed E-state index contributed by atoms with van der Waals surface area (Å²) in [5, 5.41) is 6.17. The Morgan fingerprint density at radius 3 is 2.14 bits per heavy atom. The largest absolute Gasteiger partial charge is 0.497 e. The number of ether oxygens (including phenoxy) is 3. The van der Waals surface area contributed by atoms with Crippen molar-refractivity contribution >= 4 is 28.3 Å². The Hall–Kier alpha value is -3.76. The lowest BCUT2D eigenvalue weighted by atomic mass is 10.0. The Labute approximate surface area is 220 Å². The molecule has 0 atom stereocenters. The number of carbonyl (C=O) groups excluding carboxylic acids is 2. The third kappa shape index (κ3) is 6.72. The highest BCUT2D eigenvalue weighted by molar-refractivity contribution is 7.20. The second-order valence-corrected chi connectivity index (χ2v) is 9.87. The van der Waals surface area contributed by atoms with Crippen LogP contribution >= 0.6 is 11.3 Å². The Morgan fingerprint density at radius 2 is 1.57 bits per heavy atom. The Morgan fingerprint density at radius 1 is 0.946 bits per heavy atom. The molecule has 3 amide bonds. The molecule has 0 saturated carbocycles. The Balaban J connectivity index is 1.39. The van der Waals surface area contributed by atoms with Crippen molar-refractivity contribution in [3.63, 3.8) is 0 Å². The van der Waals surface area contributed by atoms with E-state index in [1.807, 2.05) is 42.5 Å². The zero-order chi connectivity index (χ0) is 26.4. The lowest BCUT2D eigenvalue weighted by Crippen LogP contribution is -2.44. The summed E-state index contributed by atoms with van der Waals surface area (Å²) in [6, 6.07) is 14.5. The van der Waals surface area contributed by atoms with Crippen LogP contribution < -0.4 is 30.6 Å². The van der Waals surface area contributed by atoms with Crippen molar-refractivity contribution in [3.8, 4) is 27.7 Å². The monoisotopic (exact) mass is 524 g/mol. The number of nitrogens with zero attached hydrogens (tertiary/aromatic N) is 1. The highest BCUT2D eigenvalue weighted by Gasteiger charge is 2.24. The number of likely N-dealkylation sites (tertiary alicyclic amines) is 1. The van der Waals surface area contributed by atoms with E-state index in [0.717, 1.165) is 65.7 Å². The number of methoxy groups -OCH3 is 3. The summed E-state index contributed by atoms with van der Waals surface area (Å²) >= 11 is 1.31. The van der Waals surface area contributed by atoms with Crippen LogP contribution in [0.15, 0.2) is 48.5 Å². The predicted molar refractivity (Wildman–Crippen MR) is 145 cm³/mol. The first-order valence-electron chi connectivity index (χ1n) is 12.0. The third-order valence-corrected chi connectivity index (χ3v) is 7.43. The number of amides is 3. The number of piperidine rings is 1. The molecule has 1 saturated heterocycles. The van der Waals surface area contributed by atoms with Crippen LogP contribution in [-0.2, 0) is 6.54 Å². The summed E-state index contributed by atoms with van der Waals surface area (Å²) in [4.78, 5) is 28.0. The van der Waals surface area contributed by atoms with Crippen LogP contribution in [0.25, 0.3) is 10.4 Å². The van der Waals surface area contributed by atoms with Crippen molar-refractivity contribution in [2.75, 3.05) is 39.7 Å². The van der Waals surface area contributed by atoms with Gasteiger partial charge in [-0.1, -0.05) is 0 Å². The summed E-state index contributed by atoms with van der Waals surface area (Å²) in [7, 11) is 4.90. The van der Waals surface area contributed by atoms with Gasteiger partial charge in [0.25, 0.3) is 5.91 Å². The van der Waals surface area contributed by atoms with E-state index in [-0.39, 0.29) is 11.9 Å². The molecule has 1 fully saturated rings. The lowest BCUT2D eigenvalue weighted by Gasteiger charge is -2.32. The fourth-order valence-corrected chi connectivity index (χ4v) is 5.44. The zero-order valence-corrected chi connectivity index (χ0v) is 22.0. The second kappa shape index (κ2) is 12.0. The van der Waals surface area contributed by atoms with E-state index in [0.29, 0.717) is 10.6 Å². The van der Waals surface area contributed by atoms with Gasteiger partial charge in [0.2, 0.25) is 0 Å². The first-order valence-corrected chi connectivity index (χ1v) is 12.8. The van der Waals surface area contributed by atoms with Gasteiger partial charge < -0.3 is 25.3 Å². The van der Waals surface area contributed by atoms with Gasteiger partial charge in [-0.15, -0.1) is 11.3 Å². The minimum absolute atomic E-state index is 0.0364. The molecule has 4 N–H and O–H groups in total.